The molecule has 2 amide bonds. The van der Waals surface area contributed by atoms with Crippen LogP contribution < -0.4 is 10.6 Å². The molecule has 1 heterocycles. The molecular weight excluding hydrogens is 304 g/mol. The van der Waals surface area contributed by atoms with Crippen molar-refractivity contribution in [2.75, 3.05) is 23.8 Å². The minimum atomic E-state index is -0.941. The molecule has 1 aromatic rings. The number of hydrogen-bond acceptors (Lipinski definition) is 3. The predicted molar refractivity (Wildman–Crippen MR) is 90.0 cm³/mol. The summed E-state index contributed by atoms with van der Waals surface area (Å²) in [4.78, 5) is 11.7. The Bertz CT molecular complexity index is 462. The van der Waals surface area contributed by atoms with E-state index in [0.717, 1.165) is 24.2 Å². The van der Waals surface area contributed by atoms with Crippen LogP contribution in [0, 0.1) is 0 Å². The van der Waals surface area contributed by atoms with Crippen molar-refractivity contribution < 1.29 is 9.00 Å². The Hall–Kier alpha value is -1.01. The maximum Gasteiger partial charge on any atom is 0.315 e. The standard InChI is InChI=1S/C15H22N2O2S2/c18-15(17-14-7-4-9-20-11-14)16-8-10-21(19)12-13-5-2-1-3-6-13/h1-3,5-6,14H,4,7-12H2,(H2,16,17,18)/t14-,21-/m1/s1. The van der Waals surface area contributed by atoms with E-state index in [1.807, 2.05) is 42.1 Å². The van der Waals surface area contributed by atoms with Gasteiger partial charge in [-0.25, -0.2) is 4.79 Å². The van der Waals surface area contributed by atoms with Gasteiger partial charge in [0.05, 0.1) is 0 Å². The molecule has 2 N–H and O–H groups in total. The molecule has 0 radical (unpaired) electrons. The van der Waals surface area contributed by atoms with E-state index in [-0.39, 0.29) is 12.1 Å². The summed E-state index contributed by atoms with van der Waals surface area (Å²) in [7, 11) is -0.941. The quantitative estimate of drug-likeness (QED) is 0.842. The van der Waals surface area contributed by atoms with E-state index < -0.39 is 10.8 Å². The third kappa shape index (κ3) is 6.52. The lowest BCUT2D eigenvalue weighted by molar-refractivity contribution is 0.238. The first-order chi connectivity index (χ1) is 10.2. The van der Waals surface area contributed by atoms with Crippen LogP contribution in [-0.4, -0.2) is 40.1 Å². The largest absolute Gasteiger partial charge is 0.337 e. The van der Waals surface area contributed by atoms with Gasteiger partial charge < -0.3 is 10.6 Å². The highest BCUT2D eigenvalue weighted by Gasteiger charge is 2.15. The number of thioether (sulfide) groups is 1. The molecule has 1 fully saturated rings. The van der Waals surface area contributed by atoms with Crippen LogP contribution in [0.2, 0.25) is 0 Å². The van der Waals surface area contributed by atoms with Gasteiger partial charge in [-0.2, -0.15) is 11.8 Å². The summed E-state index contributed by atoms with van der Waals surface area (Å²) < 4.78 is 11.9. The zero-order chi connectivity index (χ0) is 14.9. The molecule has 4 nitrogen and oxygen atoms in total. The van der Waals surface area contributed by atoms with Gasteiger partial charge in [0.15, 0.2) is 0 Å². The first-order valence-electron chi connectivity index (χ1n) is 7.25. The van der Waals surface area contributed by atoms with Crippen LogP contribution in [0.5, 0.6) is 0 Å². The number of rotatable bonds is 6. The summed E-state index contributed by atoms with van der Waals surface area (Å²) in [5, 5.41) is 5.77. The van der Waals surface area contributed by atoms with Crippen molar-refractivity contribution in [1.82, 2.24) is 10.6 Å². The molecule has 0 saturated carbocycles. The van der Waals surface area contributed by atoms with Crippen LogP contribution in [-0.2, 0) is 16.6 Å². The number of nitrogens with one attached hydrogen (secondary N) is 2. The van der Waals surface area contributed by atoms with Crippen molar-refractivity contribution in [2.24, 2.45) is 0 Å². The van der Waals surface area contributed by atoms with Crippen molar-refractivity contribution in [3.05, 3.63) is 35.9 Å². The molecule has 1 aliphatic rings. The van der Waals surface area contributed by atoms with E-state index in [9.17, 15) is 9.00 Å². The average Bonchev–Trinajstić information content (AvgIpc) is 2.49. The monoisotopic (exact) mass is 326 g/mol. The number of urea groups is 1. The maximum absolute atomic E-state index is 11.9. The van der Waals surface area contributed by atoms with Crippen LogP contribution >= 0.6 is 11.8 Å². The fourth-order valence-corrected chi connectivity index (χ4v) is 4.31. The number of amides is 2. The van der Waals surface area contributed by atoms with Crippen molar-refractivity contribution in [1.29, 1.82) is 0 Å². The fourth-order valence-electron chi connectivity index (χ4n) is 2.20. The van der Waals surface area contributed by atoms with E-state index >= 15 is 0 Å². The van der Waals surface area contributed by atoms with E-state index in [2.05, 4.69) is 10.6 Å². The molecule has 1 saturated heterocycles. The van der Waals surface area contributed by atoms with Gasteiger partial charge in [-0.15, -0.1) is 0 Å². The van der Waals surface area contributed by atoms with Gasteiger partial charge in [-0.3, -0.25) is 4.21 Å². The van der Waals surface area contributed by atoms with Crippen LogP contribution in [0.1, 0.15) is 18.4 Å². The molecule has 2 rings (SSSR count). The van der Waals surface area contributed by atoms with Crippen molar-refractivity contribution >= 4 is 28.6 Å². The summed E-state index contributed by atoms with van der Waals surface area (Å²) in [6.45, 7) is 0.450. The van der Waals surface area contributed by atoms with Gasteiger partial charge in [-0.05, 0) is 24.2 Å². The Morgan fingerprint density at radius 2 is 2.14 bits per heavy atom. The molecule has 0 bridgehead atoms. The second-order valence-corrected chi connectivity index (χ2v) is 7.81. The van der Waals surface area contributed by atoms with Crippen LogP contribution in [0.25, 0.3) is 0 Å². The first kappa shape index (κ1) is 16.4. The molecule has 0 aromatic heterocycles. The highest BCUT2D eigenvalue weighted by Crippen LogP contribution is 2.16. The lowest BCUT2D eigenvalue weighted by Crippen LogP contribution is -2.45. The van der Waals surface area contributed by atoms with Crippen LogP contribution in [0.15, 0.2) is 30.3 Å². The van der Waals surface area contributed by atoms with Crippen LogP contribution in [0.4, 0.5) is 4.79 Å². The summed E-state index contributed by atoms with van der Waals surface area (Å²) in [5.74, 6) is 3.22. The smallest absolute Gasteiger partial charge is 0.315 e. The molecule has 0 unspecified atom stereocenters. The van der Waals surface area contributed by atoms with Crippen molar-refractivity contribution in [3.63, 3.8) is 0 Å². The molecule has 21 heavy (non-hydrogen) atoms. The molecular formula is C15H22N2O2S2. The second-order valence-electron chi connectivity index (χ2n) is 5.09. The average molecular weight is 326 g/mol. The third-order valence-electron chi connectivity index (χ3n) is 3.28. The van der Waals surface area contributed by atoms with E-state index in [4.69, 9.17) is 0 Å². The Labute approximate surface area is 132 Å². The first-order valence-corrected chi connectivity index (χ1v) is 9.89. The van der Waals surface area contributed by atoms with E-state index in [1.165, 1.54) is 5.75 Å². The second kappa shape index (κ2) is 9.10. The molecule has 1 aliphatic heterocycles. The molecule has 2 atom stereocenters. The molecule has 1 aromatic carbocycles. The maximum atomic E-state index is 11.9. The van der Waals surface area contributed by atoms with E-state index in [1.54, 1.807) is 0 Å². The van der Waals surface area contributed by atoms with E-state index in [0.29, 0.717) is 18.1 Å². The Morgan fingerprint density at radius 1 is 1.33 bits per heavy atom. The normalized spacial score (nSPS) is 19.7. The number of carbonyl (C=O) groups is 1. The summed E-state index contributed by atoms with van der Waals surface area (Å²) in [6, 6.07) is 9.91. The van der Waals surface area contributed by atoms with Crippen molar-refractivity contribution in [2.45, 2.75) is 24.6 Å². The molecule has 6 heteroatoms. The molecule has 116 valence electrons. The number of hydrogen-bond donors (Lipinski definition) is 2. The van der Waals surface area contributed by atoms with Gasteiger partial charge in [-0.1, -0.05) is 30.3 Å². The minimum absolute atomic E-state index is 0.140. The molecule has 0 spiro atoms. The van der Waals surface area contributed by atoms with Gasteiger partial charge in [0, 0.05) is 40.6 Å². The summed E-state index contributed by atoms with van der Waals surface area (Å²) in [5.41, 5.74) is 1.07. The SMILES string of the molecule is O=C(NCC[S@@](=O)Cc1ccccc1)N[C@@H]1CCCSC1. The zero-order valence-corrected chi connectivity index (χ0v) is 13.7. The highest BCUT2D eigenvalue weighted by molar-refractivity contribution is 7.99. The van der Waals surface area contributed by atoms with Gasteiger partial charge >= 0.3 is 6.03 Å². The Kier molecular flexibility index (Phi) is 7.09. The minimum Gasteiger partial charge on any atom is -0.337 e. The summed E-state index contributed by atoms with van der Waals surface area (Å²) >= 11 is 1.88. The lowest BCUT2D eigenvalue weighted by Gasteiger charge is -2.22. The Balaban J connectivity index is 1.60. The fraction of sp³-hybridized carbons (Fsp3) is 0.533. The number of carbonyl (C=O) groups excluding carboxylic acids is 1. The van der Waals surface area contributed by atoms with Crippen LogP contribution in [0.3, 0.4) is 0 Å². The number of benzene rings is 1. The molecule has 0 aliphatic carbocycles. The highest BCUT2D eigenvalue weighted by atomic mass is 32.2. The Morgan fingerprint density at radius 3 is 2.86 bits per heavy atom. The third-order valence-corrected chi connectivity index (χ3v) is 5.81. The summed E-state index contributed by atoms with van der Waals surface area (Å²) in [6.07, 6.45) is 2.22. The van der Waals surface area contributed by atoms with Gasteiger partial charge in [0.2, 0.25) is 0 Å². The predicted octanol–water partition coefficient (Wildman–Crippen LogP) is 2.13. The lowest BCUT2D eigenvalue weighted by atomic mass is 10.2. The van der Waals surface area contributed by atoms with Gasteiger partial charge in [0.1, 0.15) is 0 Å². The van der Waals surface area contributed by atoms with Gasteiger partial charge in [0.25, 0.3) is 0 Å². The zero-order valence-electron chi connectivity index (χ0n) is 12.0. The topological polar surface area (TPSA) is 58.2 Å². The van der Waals surface area contributed by atoms with Crippen molar-refractivity contribution in [3.8, 4) is 0 Å².